The van der Waals surface area contributed by atoms with E-state index >= 15 is 0 Å². The van der Waals surface area contributed by atoms with Crippen LogP contribution >= 0.6 is 11.6 Å². The topological polar surface area (TPSA) is 50.4 Å². The van der Waals surface area contributed by atoms with Crippen molar-refractivity contribution in [1.82, 2.24) is 10.6 Å². The predicted molar refractivity (Wildman–Crippen MR) is 75.4 cm³/mol. The van der Waals surface area contributed by atoms with Crippen LogP contribution in [-0.2, 0) is 16.0 Å². The Kier molecular flexibility index (Phi) is 5.76. The minimum absolute atomic E-state index is 0.0220. The molecule has 110 valence electrons. The third-order valence-corrected chi connectivity index (χ3v) is 3.51. The van der Waals surface area contributed by atoms with Crippen LogP contribution < -0.4 is 10.6 Å². The number of carbonyl (C=O) groups excluding carboxylic acids is 1. The van der Waals surface area contributed by atoms with Crippen LogP contribution in [-0.4, -0.2) is 38.3 Å². The summed E-state index contributed by atoms with van der Waals surface area (Å²) in [4.78, 5) is 11.7. The van der Waals surface area contributed by atoms with Gasteiger partial charge in [0.15, 0.2) is 0 Å². The molecule has 1 aliphatic heterocycles. The highest BCUT2D eigenvalue weighted by Crippen LogP contribution is 2.17. The van der Waals surface area contributed by atoms with Crippen molar-refractivity contribution >= 4 is 17.5 Å². The summed E-state index contributed by atoms with van der Waals surface area (Å²) in [5, 5.41) is 6.45. The zero-order chi connectivity index (χ0) is 14.4. The molecule has 6 heteroatoms. The molecule has 1 aliphatic rings. The Balaban J connectivity index is 1.70. The lowest BCUT2D eigenvalue weighted by molar-refractivity contribution is -0.122. The van der Waals surface area contributed by atoms with Crippen molar-refractivity contribution in [3.05, 3.63) is 34.6 Å². The molecule has 1 fully saturated rings. The zero-order valence-electron chi connectivity index (χ0n) is 11.1. The van der Waals surface area contributed by atoms with Gasteiger partial charge in [0.25, 0.3) is 0 Å². The molecule has 0 bridgehead atoms. The maximum atomic E-state index is 12.9. The van der Waals surface area contributed by atoms with Gasteiger partial charge in [-0.15, -0.1) is 0 Å². The SMILES string of the molecule is O=C(CC1COCCN1)NCCc1ccc(F)cc1Cl. The van der Waals surface area contributed by atoms with Crippen molar-refractivity contribution < 1.29 is 13.9 Å². The van der Waals surface area contributed by atoms with Crippen LogP contribution in [0.1, 0.15) is 12.0 Å². The number of amides is 1. The molecule has 0 aromatic heterocycles. The van der Waals surface area contributed by atoms with Crippen molar-refractivity contribution in [2.45, 2.75) is 18.9 Å². The molecule has 1 unspecified atom stereocenters. The molecule has 1 amide bonds. The fraction of sp³-hybridized carbons (Fsp3) is 0.500. The summed E-state index contributed by atoms with van der Waals surface area (Å²) in [7, 11) is 0. The Bertz CT molecular complexity index is 464. The van der Waals surface area contributed by atoms with Gasteiger partial charge in [-0.3, -0.25) is 4.79 Å². The van der Waals surface area contributed by atoms with E-state index in [1.165, 1.54) is 12.1 Å². The van der Waals surface area contributed by atoms with Gasteiger partial charge in [-0.2, -0.15) is 0 Å². The Morgan fingerprint density at radius 1 is 1.55 bits per heavy atom. The first-order valence-electron chi connectivity index (χ1n) is 6.67. The number of nitrogens with one attached hydrogen (secondary N) is 2. The molecule has 1 aromatic rings. The van der Waals surface area contributed by atoms with Gasteiger partial charge in [-0.1, -0.05) is 17.7 Å². The number of rotatable bonds is 5. The van der Waals surface area contributed by atoms with E-state index in [1.807, 2.05) is 0 Å². The van der Waals surface area contributed by atoms with E-state index < -0.39 is 0 Å². The average Bonchev–Trinajstić information content (AvgIpc) is 2.42. The third kappa shape index (κ3) is 4.74. The average molecular weight is 301 g/mol. The number of benzene rings is 1. The quantitative estimate of drug-likeness (QED) is 0.867. The van der Waals surface area contributed by atoms with E-state index in [0.717, 1.165) is 12.1 Å². The lowest BCUT2D eigenvalue weighted by atomic mass is 10.1. The number of carbonyl (C=O) groups is 1. The normalized spacial score (nSPS) is 18.8. The highest BCUT2D eigenvalue weighted by molar-refractivity contribution is 6.31. The van der Waals surface area contributed by atoms with Crippen molar-refractivity contribution in [1.29, 1.82) is 0 Å². The first-order chi connectivity index (χ1) is 9.65. The zero-order valence-corrected chi connectivity index (χ0v) is 11.9. The van der Waals surface area contributed by atoms with Crippen LogP contribution in [0.5, 0.6) is 0 Å². The summed E-state index contributed by atoms with van der Waals surface area (Å²) in [6.07, 6.45) is 0.983. The van der Waals surface area contributed by atoms with E-state index in [4.69, 9.17) is 16.3 Å². The summed E-state index contributed by atoms with van der Waals surface area (Å²) in [5.74, 6) is -0.377. The van der Waals surface area contributed by atoms with Crippen LogP contribution in [0, 0.1) is 5.82 Å². The summed E-state index contributed by atoms with van der Waals surface area (Å²) in [5.41, 5.74) is 0.826. The van der Waals surface area contributed by atoms with E-state index in [0.29, 0.717) is 37.6 Å². The number of hydrogen-bond acceptors (Lipinski definition) is 3. The van der Waals surface area contributed by atoms with Gasteiger partial charge in [0.2, 0.25) is 5.91 Å². The molecule has 4 nitrogen and oxygen atoms in total. The molecule has 0 radical (unpaired) electrons. The van der Waals surface area contributed by atoms with Gasteiger partial charge in [-0.25, -0.2) is 4.39 Å². The van der Waals surface area contributed by atoms with Crippen LogP contribution in [0.3, 0.4) is 0 Å². The Morgan fingerprint density at radius 2 is 2.40 bits per heavy atom. The molecular weight excluding hydrogens is 283 g/mol. The van der Waals surface area contributed by atoms with E-state index in [9.17, 15) is 9.18 Å². The Labute approximate surface area is 122 Å². The maximum Gasteiger partial charge on any atom is 0.221 e. The van der Waals surface area contributed by atoms with Gasteiger partial charge < -0.3 is 15.4 Å². The van der Waals surface area contributed by atoms with Crippen molar-refractivity contribution in [3.8, 4) is 0 Å². The van der Waals surface area contributed by atoms with E-state index in [2.05, 4.69) is 10.6 Å². The minimum atomic E-state index is -0.355. The fourth-order valence-electron chi connectivity index (χ4n) is 2.11. The molecule has 20 heavy (non-hydrogen) atoms. The highest BCUT2D eigenvalue weighted by Gasteiger charge is 2.16. The summed E-state index contributed by atoms with van der Waals surface area (Å²) in [6, 6.07) is 4.37. The number of halogens is 2. The third-order valence-electron chi connectivity index (χ3n) is 3.16. The molecule has 1 heterocycles. The molecule has 0 aliphatic carbocycles. The van der Waals surface area contributed by atoms with Gasteiger partial charge in [-0.05, 0) is 24.1 Å². The van der Waals surface area contributed by atoms with Gasteiger partial charge in [0.05, 0.1) is 13.2 Å². The van der Waals surface area contributed by atoms with Crippen LogP contribution in [0.4, 0.5) is 4.39 Å². The summed E-state index contributed by atoms with van der Waals surface area (Å²) >= 11 is 5.92. The molecular formula is C14H18ClFN2O2. The predicted octanol–water partition coefficient (Wildman–Crippen LogP) is 1.52. The standard InChI is InChI=1S/C14H18ClFN2O2/c15-13-7-11(16)2-1-10(13)3-4-18-14(19)8-12-9-20-6-5-17-12/h1-2,7,12,17H,3-6,8-9H2,(H,18,19). The van der Waals surface area contributed by atoms with E-state index in [-0.39, 0.29) is 17.8 Å². The molecule has 2 N–H and O–H groups in total. The summed E-state index contributed by atoms with van der Waals surface area (Å²) in [6.45, 7) is 2.53. The molecule has 1 saturated heterocycles. The Morgan fingerprint density at radius 3 is 3.10 bits per heavy atom. The second-order valence-electron chi connectivity index (χ2n) is 4.77. The van der Waals surface area contributed by atoms with Gasteiger partial charge in [0.1, 0.15) is 5.82 Å². The molecule has 1 aromatic carbocycles. The number of ether oxygens (including phenoxy) is 1. The van der Waals surface area contributed by atoms with E-state index in [1.54, 1.807) is 6.07 Å². The van der Waals surface area contributed by atoms with Crippen molar-refractivity contribution in [3.63, 3.8) is 0 Å². The maximum absolute atomic E-state index is 12.9. The number of hydrogen-bond donors (Lipinski definition) is 2. The first kappa shape index (κ1) is 15.2. The fourth-order valence-corrected chi connectivity index (χ4v) is 2.37. The van der Waals surface area contributed by atoms with Crippen molar-refractivity contribution in [2.24, 2.45) is 0 Å². The lowest BCUT2D eigenvalue weighted by Crippen LogP contribution is -2.44. The largest absolute Gasteiger partial charge is 0.378 e. The van der Waals surface area contributed by atoms with Gasteiger partial charge >= 0.3 is 0 Å². The van der Waals surface area contributed by atoms with Crippen molar-refractivity contribution in [2.75, 3.05) is 26.3 Å². The van der Waals surface area contributed by atoms with Crippen LogP contribution in [0.25, 0.3) is 0 Å². The second-order valence-corrected chi connectivity index (χ2v) is 5.17. The second kappa shape index (κ2) is 7.57. The monoisotopic (exact) mass is 300 g/mol. The van der Waals surface area contributed by atoms with Crippen LogP contribution in [0.2, 0.25) is 5.02 Å². The first-order valence-corrected chi connectivity index (χ1v) is 7.04. The molecule has 0 spiro atoms. The molecule has 1 atom stereocenters. The van der Waals surface area contributed by atoms with Crippen LogP contribution in [0.15, 0.2) is 18.2 Å². The Hall–Kier alpha value is -1.17. The molecule has 2 rings (SSSR count). The van der Waals surface area contributed by atoms with Gasteiger partial charge in [0, 0.05) is 30.6 Å². The summed E-state index contributed by atoms with van der Waals surface area (Å²) < 4.78 is 18.2. The lowest BCUT2D eigenvalue weighted by Gasteiger charge is -2.23. The minimum Gasteiger partial charge on any atom is -0.378 e. The smallest absolute Gasteiger partial charge is 0.221 e. The molecule has 0 saturated carbocycles. The highest BCUT2D eigenvalue weighted by atomic mass is 35.5. The number of morpholine rings is 1.